The summed E-state index contributed by atoms with van der Waals surface area (Å²) in [5, 5.41) is 4.34. The molecule has 0 saturated heterocycles. The summed E-state index contributed by atoms with van der Waals surface area (Å²) in [4.78, 5) is 0. The summed E-state index contributed by atoms with van der Waals surface area (Å²) in [5.74, 6) is 0. The van der Waals surface area contributed by atoms with Crippen LogP contribution in [0.15, 0.2) is 85.0 Å². The van der Waals surface area contributed by atoms with Crippen LogP contribution in [0, 0.1) is 0 Å². The van der Waals surface area contributed by atoms with Gasteiger partial charge in [-0.15, -0.1) is 0 Å². The third kappa shape index (κ3) is 2.18. The lowest BCUT2D eigenvalue weighted by molar-refractivity contribution is 1.74. The number of rotatable bonds is 2. The molecule has 2 aromatic carbocycles. The predicted molar refractivity (Wildman–Crippen MR) is 81.2 cm³/mol. The Bertz CT molecular complexity index is 564. The van der Waals surface area contributed by atoms with Crippen molar-refractivity contribution in [3.05, 3.63) is 85.0 Å². The summed E-state index contributed by atoms with van der Waals surface area (Å²) in [6.45, 7) is 0. The number of hydrogen-bond donors (Lipinski definition) is 0. The molecule has 1 heteroatoms. The van der Waals surface area contributed by atoms with Crippen LogP contribution in [0.5, 0.6) is 0 Å². The molecular weight excluding hydrogens is 232 g/mol. The van der Waals surface area contributed by atoms with Crippen molar-refractivity contribution in [2.24, 2.45) is 0 Å². The standard InChI is InChI=1S/C17H14Si/c1-3-9-15(10-4-1)18(17-13-7-8-14-17)16-11-5-2-6-12-16/h1-14H. The summed E-state index contributed by atoms with van der Waals surface area (Å²) < 4.78 is 0. The predicted octanol–water partition coefficient (Wildman–Crippen LogP) is 2.18. The van der Waals surface area contributed by atoms with E-state index in [1.807, 2.05) is 0 Å². The van der Waals surface area contributed by atoms with Crippen LogP contribution in [0.4, 0.5) is 0 Å². The molecule has 0 fully saturated rings. The highest BCUT2D eigenvalue weighted by molar-refractivity contribution is 6.94. The molecule has 0 N–H and O–H groups in total. The summed E-state index contributed by atoms with van der Waals surface area (Å²) >= 11 is 0. The average Bonchev–Trinajstić information content (AvgIpc) is 2.95. The summed E-state index contributed by atoms with van der Waals surface area (Å²) in [6.07, 6.45) is 8.75. The van der Waals surface area contributed by atoms with Crippen molar-refractivity contribution < 1.29 is 0 Å². The third-order valence-electron chi connectivity index (χ3n) is 3.08. The largest absolute Gasteiger partial charge is 0.0877 e. The van der Waals surface area contributed by atoms with Gasteiger partial charge in [-0.2, -0.15) is 0 Å². The molecule has 18 heavy (non-hydrogen) atoms. The zero-order valence-electron chi connectivity index (χ0n) is 10.1. The normalized spacial score (nSPS) is 13.0. The van der Waals surface area contributed by atoms with Crippen molar-refractivity contribution in [1.29, 1.82) is 0 Å². The van der Waals surface area contributed by atoms with Gasteiger partial charge in [0.05, 0.1) is 8.41 Å². The Hall–Kier alpha value is -1.99. The molecule has 0 amide bonds. The monoisotopic (exact) mass is 246 g/mol. The highest BCUT2D eigenvalue weighted by Gasteiger charge is 2.10. The number of hydrogen-bond acceptors (Lipinski definition) is 0. The fourth-order valence-electron chi connectivity index (χ4n) is 2.25. The van der Waals surface area contributed by atoms with Crippen LogP contribution in [0.3, 0.4) is 0 Å². The first-order chi connectivity index (χ1) is 8.95. The van der Waals surface area contributed by atoms with E-state index in [1.54, 1.807) is 0 Å². The number of allylic oxidation sites excluding steroid dienone is 4. The van der Waals surface area contributed by atoms with Gasteiger partial charge in [-0.3, -0.25) is 0 Å². The molecule has 0 saturated carbocycles. The molecule has 0 aliphatic heterocycles. The topological polar surface area (TPSA) is 0 Å². The zero-order chi connectivity index (χ0) is 12.2. The maximum atomic E-state index is 2.24. The van der Waals surface area contributed by atoms with E-state index in [0.717, 1.165) is 0 Å². The molecule has 1 aliphatic carbocycles. The maximum absolute atomic E-state index is 2.24. The van der Waals surface area contributed by atoms with Gasteiger partial charge >= 0.3 is 0 Å². The Morgan fingerprint density at radius 2 is 1.00 bits per heavy atom. The fourth-order valence-corrected chi connectivity index (χ4v) is 4.83. The molecular formula is C17H14Si. The Morgan fingerprint density at radius 1 is 0.556 bits per heavy atom. The molecule has 0 heterocycles. The molecule has 2 aromatic rings. The molecule has 0 atom stereocenters. The molecule has 0 aromatic heterocycles. The van der Waals surface area contributed by atoms with Gasteiger partial charge in [0.1, 0.15) is 0 Å². The van der Waals surface area contributed by atoms with Crippen molar-refractivity contribution in [2.45, 2.75) is 0 Å². The lowest BCUT2D eigenvalue weighted by Gasteiger charge is -2.09. The first kappa shape index (κ1) is 11.1. The Labute approximate surface area is 109 Å². The molecule has 0 nitrogen and oxygen atoms in total. The summed E-state index contributed by atoms with van der Waals surface area (Å²) in [6, 6.07) is 21.7. The zero-order valence-corrected chi connectivity index (χ0v) is 11.1. The highest BCUT2D eigenvalue weighted by Crippen LogP contribution is 1.98. The first-order valence-electron chi connectivity index (χ1n) is 6.15. The number of benzene rings is 2. The van der Waals surface area contributed by atoms with Crippen molar-refractivity contribution in [2.75, 3.05) is 0 Å². The van der Waals surface area contributed by atoms with Crippen LogP contribution >= 0.6 is 0 Å². The van der Waals surface area contributed by atoms with Crippen molar-refractivity contribution >= 4 is 24.0 Å². The van der Waals surface area contributed by atoms with Gasteiger partial charge in [-0.25, -0.2) is 0 Å². The lowest BCUT2D eigenvalue weighted by atomic mass is 10.4. The smallest absolute Gasteiger partial charge is 0.0623 e. The van der Waals surface area contributed by atoms with Crippen LogP contribution in [0.2, 0.25) is 0 Å². The Morgan fingerprint density at radius 3 is 1.44 bits per heavy atom. The van der Waals surface area contributed by atoms with Gasteiger partial charge in [-0.1, -0.05) is 85.0 Å². The lowest BCUT2D eigenvalue weighted by Crippen LogP contribution is -2.38. The van der Waals surface area contributed by atoms with Crippen molar-refractivity contribution in [3.8, 4) is 0 Å². The van der Waals surface area contributed by atoms with Crippen LogP contribution in [-0.4, -0.2) is 13.6 Å². The Kier molecular flexibility index (Phi) is 3.16. The van der Waals surface area contributed by atoms with E-state index in [4.69, 9.17) is 0 Å². The van der Waals surface area contributed by atoms with Crippen LogP contribution in [0.1, 0.15) is 0 Å². The summed E-state index contributed by atoms with van der Waals surface area (Å²) in [7, 11) is -0.834. The SMILES string of the molecule is C1=CC(=[Si](c2ccccc2)c2ccccc2)C=C1. The second-order valence-corrected chi connectivity index (χ2v) is 6.76. The average molecular weight is 246 g/mol. The van der Waals surface area contributed by atoms with Gasteiger partial charge in [0.25, 0.3) is 0 Å². The summed E-state index contributed by atoms with van der Waals surface area (Å²) in [5.41, 5.74) is 0. The van der Waals surface area contributed by atoms with Gasteiger partial charge in [0.2, 0.25) is 0 Å². The van der Waals surface area contributed by atoms with Crippen LogP contribution in [0.25, 0.3) is 0 Å². The van der Waals surface area contributed by atoms with Crippen LogP contribution in [-0.2, 0) is 0 Å². The highest BCUT2D eigenvalue weighted by atomic mass is 28.2. The van der Waals surface area contributed by atoms with E-state index in [1.165, 1.54) is 15.5 Å². The van der Waals surface area contributed by atoms with Crippen molar-refractivity contribution in [1.82, 2.24) is 0 Å². The van der Waals surface area contributed by atoms with Gasteiger partial charge < -0.3 is 0 Å². The molecule has 0 unspecified atom stereocenters. The van der Waals surface area contributed by atoms with Gasteiger partial charge in [-0.05, 0) is 15.5 Å². The van der Waals surface area contributed by atoms with E-state index in [2.05, 4.69) is 85.0 Å². The Balaban J connectivity index is 2.21. The quantitative estimate of drug-likeness (QED) is 0.713. The van der Waals surface area contributed by atoms with Crippen LogP contribution < -0.4 is 10.4 Å². The molecule has 86 valence electrons. The molecule has 3 rings (SSSR count). The third-order valence-corrected chi connectivity index (χ3v) is 5.81. The van der Waals surface area contributed by atoms with E-state index in [-0.39, 0.29) is 0 Å². The van der Waals surface area contributed by atoms with E-state index < -0.39 is 8.41 Å². The fraction of sp³-hybridized carbons (Fsp3) is 0. The van der Waals surface area contributed by atoms with Gasteiger partial charge in [0.15, 0.2) is 0 Å². The minimum Gasteiger partial charge on any atom is -0.0623 e. The van der Waals surface area contributed by atoms with E-state index in [9.17, 15) is 0 Å². The minimum atomic E-state index is -0.834. The van der Waals surface area contributed by atoms with E-state index in [0.29, 0.717) is 0 Å². The minimum absolute atomic E-state index is 0.834. The molecule has 0 bridgehead atoms. The second-order valence-electron chi connectivity index (χ2n) is 4.28. The maximum Gasteiger partial charge on any atom is 0.0877 e. The van der Waals surface area contributed by atoms with Gasteiger partial charge in [0, 0.05) is 0 Å². The first-order valence-corrected chi connectivity index (χ1v) is 7.65. The molecule has 1 aliphatic rings. The molecule has 0 radical (unpaired) electrons. The second kappa shape index (κ2) is 5.11. The van der Waals surface area contributed by atoms with E-state index >= 15 is 0 Å². The van der Waals surface area contributed by atoms with Crippen molar-refractivity contribution in [3.63, 3.8) is 0 Å². The molecule has 0 spiro atoms.